The molecule has 0 aromatic carbocycles. The van der Waals surface area contributed by atoms with Gasteiger partial charge < -0.3 is 0 Å². The Bertz CT molecular complexity index is 605. The number of aromatic nitrogens is 1. The van der Waals surface area contributed by atoms with Gasteiger partial charge in [-0.25, -0.2) is 13.4 Å². The number of thiophene rings is 1. The van der Waals surface area contributed by atoms with Crippen molar-refractivity contribution < 1.29 is 8.42 Å². The van der Waals surface area contributed by atoms with Gasteiger partial charge in [-0.05, 0) is 44.0 Å². The molecule has 16 heavy (non-hydrogen) atoms. The summed E-state index contributed by atoms with van der Waals surface area (Å²) in [6.07, 6.45) is 1.55. The van der Waals surface area contributed by atoms with Crippen molar-refractivity contribution in [3.8, 4) is 0 Å². The summed E-state index contributed by atoms with van der Waals surface area (Å²) < 4.78 is 27.9. The van der Waals surface area contributed by atoms with E-state index in [0.717, 1.165) is 18.9 Å². The van der Waals surface area contributed by atoms with Gasteiger partial charge in [0, 0.05) is 0 Å². The first kappa shape index (κ1) is 12.5. The maximum atomic E-state index is 11.9. The van der Waals surface area contributed by atoms with E-state index in [-0.39, 0.29) is 4.21 Å². The topological polar surface area (TPSA) is 59.1 Å². The number of nitrogens with zero attached hydrogens (tertiary/aromatic N) is 1. The van der Waals surface area contributed by atoms with Crippen LogP contribution in [0.1, 0.15) is 0 Å². The number of sulfonamides is 1. The van der Waals surface area contributed by atoms with E-state index in [1.165, 1.54) is 11.3 Å². The lowest BCUT2D eigenvalue weighted by molar-refractivity contribution is 0.603. The van der Waals surface area contributed by atoms with Gasteiger partial charge in [-0.1, -0.05) is 11.3 Å². The van der Waals surface area contributed by atoms with Crippen molar-refractivity contribution in [1.29, 1.82) is 0 Å². The van der Waals surface area contributed by atoms with Crippen LogP contribution in [-0.4, -0.2) is 13.4 Å². The second-order valence-electron chi connectivity index (χ2n) is 2.63. The Kier molecular flexibility index (Phi) is 3.69. The SMILES string of the molecule is O=S(=O)(Nc1ncc(Br)s1)c1ccc(Br)s1. The van der Waals surface area contributed by atoms with Crippen molar-refractivity contribution in [3.63, 3.8) is 0 Å². The van der Waals surface area contributed by atoms with Crippen molar-refractivity contribution >= 4 is 69.7 Å². The lowest BCUT2D eigenvalue weighted by Crippen LogP contribution is -2.10. The Hall–Kier alpha value is 0.0400. The molecule has 0 unspecified atom stereocenters. The maximum absolute atomic E-state index is 11.9. The van der Waals surface area contributed by atoms with E-state index in [4.69, 9.17) is 0 Å². The highest BCUT2D eigenvalue weighted by atomic mass is 79.9. The minimum atomic E-state index is -3.51. The van der Waals surface area contributed by atoms with Crippen LogP contribution in [0.4, 0.5) is 5.13 Å². The Morgan fingerprint density at radius 2 is 1.94 bits per heavy atom. The lowest BCUT2D eigenvalue weighted by Gasteiger charge is -2.00. The van der Waals surface area contributed by atoms with Crippen LogP contribution in [0.2, 0.25) is 0 Å². The number of hydrogen-bond donors (Lipinski definition) is 1. The zero-order chi connectivity index (χ0) is 11.8. The van der Waals surface area contributed by atoms with Crippen molar-refractivity contribution in [2.45, 2.75) is 4.21 Å². The molecule has 0 amide bonds. The first-order valence-electron chi connectivity index (χ1n) is 3.87. The van der Waals surface area contributed by atoms with Crippen LogP contribution in [0.15, 0.2) is 30.1 Å². The molecule has 2 aromatic heterocycles. The van der Waals surface area contributed by atoms with E-state index in [2.05, 4.69) is 41.6 Å². The van der Waals surface area contributed by atoms with E-state index in [1.807, 2.05) is 0 Å². The number of halogens is 2. The fourth-order valence-electron chi connectivity index (χ4n) is 0.909. The second kappa shape index (κ2) is 4.73. The average Bonchev–Trinajstić information content (AvgIpc) is 2.75. The summed E-state index contributed by atoms with van der Waals surface area (Å²) >= 11 is 8.81. The van der Waals surface area contributed by atoms with E-state index in [1.54, 1.807) is 18.3 Å². The molecule has 0 aliphatic carbocycles. The molecule has 0 saturated carbocycles. The average molecular weight is 404 g/mol. The highest BCUT2D eigenvalue weighted by Gasteiger charge is 2.17. The van der Waals surface area contributed by atoms with Gasteiger partial charge >= 0.3 is 0 Å². The Labute approximate surface area is 117 Å². The molecule has 2 rings (SSSR count). The predicted octanol–water partition coefficient (Wildman–Crippen LogP) is 3.53. The summed E-state index contributed by atoms with van der Waals surface area (Å²) in [5.41, 5.74) is 0. The van der Waals surface area contributed by atoms with E-state index < -0.39 is 10.0 Å². The normalized spacial score (nSPS) is 11.6. The molecule has 9 heteroatoms. The van der Waals surface area contributed by atoms with Crippen LogP contribution in [0.25, 0.3) is 0 Å². The number of hydrogen-bond acceptors (Lipinski definition) is 5. The molecule has 4 nitrogen and oxygen atoms in total. The van der Waals surface area contributed by atoms with Crippen molar-refractivity contribution in [2.75, 3.05) is 4.72 Å². The van der Waals surface area contributed by atoms with Crippen molar-refractivity contribution in [2.24, 2.45) is 0 Å². The third-order valence-corrected chi connectivity index (χ3v) is 6.49. The van der Waals surface area contributed by atoms with Gasteiger partial charge in [-0.2, -0.15) is 0 Å². The van der Waals surface area contributed by atoms with Gasteiger partial charge in [-0.15, -0.1) is 11.3 Å². The summed E-state index contributed by atoms with van der Waals surface area (Å²) in [6, 6.07) is 3.23. The first-order chi connectivity index (χ1) is 7.47. The third kappa shape index (κ3) is 2.83. The molecule has 0 radical (unpaired) electrons. The van der Waals surface area contributed by atoms with Gasteiger partial charge in [-0.3, -0.25) is 4.72 Å². The Balaban J connectivity index is 2.27. The molecule has 2 heterocycles. The summed E-state index contributed by atoms with van der Waals surface area (Å²) in [6.45, 7) is 0. The van der Waals surface area contributed by atoms with E-state index in [0.29, 0.717) is 5.13 Å². The van der Waals surface area contributed by atoms with Gasteiger partial charge in [0.15, 0.2) is 5.13 Å². The molecule has 0 atom stereocenters. The monoisotopic (exact) mass is 402 g/mol. The van der Waals surface area contributed by atoms with E-state index >= 15 is 0 Å². The Morgan fingerprint density at radius 3 is 2.44 bits per heavy atom. The summed E-state index contributed by atoms with van der Waals surface area (Å²) in [5, 5.41) is 0.344. The first-order valence-corrected chi connectivity index (χ1v) is 8.57. The quantitative estimate of drug-likeness (QED) is 0.852. The minimum absolute atomic E-state index is 0.255. The molecule has 0 aliphatic heterocycles. The molecular formula is C7H4Br2N2O2S3. The number of anilines is 1. The molecule has 86 valence electrons. The summed E-state index contributed by atoms with van der Waals surface area (Å²) in [5.74, 6) is 0. The van der Waals surface area contributed by atoms with Crippen LogP contribution in [0.5, 0.6) is 0 Å². The fraction of sp³-hybridized carbons (Fsp3) is 0. The molecule has 2 aromatic rings. The van der Waals surface area contributed by atoms with Gasteiger partial charge in [0.25, 0.3) is 10.0 Å². The van der Waals surface area contributed by atoms with Crippen molar-refractivity contribution in [1.82, 2.24) is 4.98 Å². The standard InChI is InChI=1S/C7H4Br2N2O2S3/c8-4-1-2-6(14-4)16(12,13)11-7-10-3-5(9)15-7/h1-3H,(H,10,11). The molecule has 0 fully saturated rings. The summed E-state index contributed by atoms with van der Waals surface area (Å²) in [4.78, 5) is 3.91. The molecule has 1 N–H and O–H groups in total. The van der Waals surface area contributed by atoms with Crippen LogP contribution >= 0.6 is 54.5 Å². The highest BCUT2D eigenvalue weighted by molar-refractivity contribution is 9.11. The molecule has 0 spiro atoms. The minimum Gasteiger partial charge on any atom is -0.254 e. The largest absolute Gasteiger partial charge is 0.273 e. The zero-order valence-corrected chi connectivity index (χ0v) is 13.1. The number of thiazole rings is 1. The maximum Gasteiger partial charge on any atom is 0.273 e. The van der Waals surface area contributed by atoms with E-state index in [9.17, 15) is 8.42 Å². The third-order valence-electron chi connectivity index (χ3n) is 1.51. The van der Waals surface area contributed by atoms with Crippen LogP contribution in [0, 0.1) is 0 Å². The second-order valence-corrected chi connectivity index (χ2v) is 9.42. The Morgan fingerprint density at radius 1 is 1.19 bits per heavy atom. The van der Waals surface area contributed by atoms with Crippen LogP contribution < -0.4 is 4.72 Å². The van der Waals surface area contributed by atoms with Gasteiger partial charge in [0.2, 0.25) is 0 Å². The lowest BCUT2D eigenvalue weighted by atomic mass is 10.7. The van der Waals surface area contributed by atoms with Gasteiger partial charge in [0.05, 0.1) is 13.8 Å². The smallest absolute Gasteiger partial charge is 0.254 e. The number of nitrogens with one attached hydrogen (secondary N) is 1. The zero-order valence-electron chi connectivity index (χ0n) is 7.48. The van der Waals surface area contributed by atoms with Crippen molar-refractivity contribution in [3.05, 3.63) is 25.9 Å². The molecule has 0 bridgehead atoms. The molecular weight excluding hydrogens is 400 g/mol. The highest BCUT2D eigenvalue weighted by Crippen LogP contribution is 2.29. The number of rotatable bonds is 3. The fourth-order valence-corrected chi connectivity index (χ4v) is 5.27. The van der Waals surface area contributed by atoms with Gasteiger partial charge in [0.1, 0.15) is 4.21 Å². The summed E-state index contributed by atoms with van der Waals surface area (Å²) in [7, 11) is -3.51. The molecule has 0 aliphatic rings. The molecule has 0 saturated heterocycles. The van der Waals surface area contributed by atoms with Crippen LogP contribution in [-0.2, 0) is 10.0 Å². The predicted molar refractivity (Wildman–Crippen MR) is 72.6 cm³/mol. The van der Waals surface area contributed by atoms with Crippen LogP contribution in [0.3, 0.4) is 0 Å².